The zero-order chi connectivity index (χ0) is 31.6. The molecule has 2 amide bonds. The predicted molar refractivity (Wildman–Crippen MR) is 169 cm³/mol. The van der Waals surface area contributed by atoms with Gasteiger partial charge in [0.25, 0.3) is 5.91 Å². The van der Waals surface area contributed by atoms with Gasteiger partial charge in [-0.25, -0.2) is 0 Å². The van der Waals surface area contributed by atoms with Gasteiger partial charge in [-0.05, 0) is 69.4 Å². The molecule has 2 heterocycles. The van der Waals surface area contributed by atoms with Crippen LogP contribution >= 0.6 is 46.7 Å². The summed E-state index contributed by atoms with van der Waals surface area (Å²) in [4.78, 5) is 32.5. The first kappa shape index (κ1) is 34.3. The molecule has 2 aliphatic rings. The molecule has 2 saturated heterocycles. The zero-order valence-corrected chi connectivity index (χ0v) is 27.3. The highest BCUT2D eigenvalue weighted by Crippen LogP contribution is 2.45. The zero-order valence-electron chi connectivity index (χ0n) is 24.2. The van der Waals surface area contributed by atoms with E-state index in [2.05, 4.69) is 20.6 Å². The third kappa shape index (κ3) is 7.29. The minimum absolute atomic E-state index is 0.0302. The summed E-state index contributed by atoms with van der Waals surface area (Å²) in [7, 11) is 0. The van der Waals surface area contributed by atoms with Gasteiger partial charge in [0.15, 0.2) is 15.1 Å². The topological polar surface area (TPSA) is 82.9 Å². The average Bonchev–Trinajstić information content (AvgIpc) is 3.34. The van der Waals surface area contributed by atoms with Crippen molar-refractivity contribution in [2.24, 2.45) is 15.9 Å². The van der Waals surface area contributed by atoms with Crippen molar-refractivity contribution in [1.82, 2.24) is 10.6 Å². The van der Waals surface area contributed by atoms with E-state index in [1.807, 2.05) is 65.0 Å². The van der Waals surface area contributed by atoms with Crippen molar-refractivity contribution in [3.05, 3.63) is 69.2 Å². The molecule has 2 aliphatic heterocycles. The minimum atomic E-state index is -4.65. The fourth-order valence-electron chi connectivity index (χ4n) is 4.13. The number of rotatable bonds is 5. The Morgan fingerprint density at radius 2 is 1.36 bits per heavy atom. The summed E-state index contributed by atoms with van der Waals surface area (Å²) in [6, 6.07) is 12.4. The predicted octanol–water partition coefficient (Wildman–Crippen LogP) is 8.28. The molecule has 0 spiro atoms. The number of carbonyl (C=O) groups is 2. The Kier molecular flexibility index (Phi) is 10.8. The van der Waals surface area contributed by atoms with Crippen LogP contribution in [0.25, 0.3) is 0 Å². The lowest BCUT2D eigenvalue weighted by atomic mass is 9.96. The van der Waals surface area contributed by atoms with E-state index in [9.17, 15) is 22.8 Å². The number of nitrogens with one attached hydrogen (secondary N) is 2. The van der Waals surface area contributed by atoms with Crippen molar-refractivity contribution in [1.29, 1.82) is 0 Å². The normalized spacial score (nSPS) is 25.7. The van der Waals surface area contributed by atoms with Crippen LogP contribution in [-0.2, 0) is 9.59 Å². The van der Waals surface area contributed by atoms with Gasteiger partial charge in [0, 0.05) is 10.0 Å². The quantitative estimate of drug-likeness (QED) is 0.338. The fraction of sp³-hybridized carbons (Fsp3) is 0.448. The number of hydrogen-bond donors (Lipinski definition) is 2. The van der Waals surface area contributed by atoms with Crippen LogP contribution in [-0.4, -0.2) is 37.8 Å². The molecule has 0 bridgehead atoms. The van der Waals surface area contributed by atoms with Gasteiger partial charge in [-0.3, -0.25) is 19.6 Å². The molecule has 2 unspecified atom stereocenters. The molecule has 228 valence electrons. The molecule has 0 aliphatic carbocycles. The van der Waals surface area contributed by atoms with Crippen LogP contribution in [0.3, 0.4) is 0 Å². The molecule has 42 heavy (non-hydrogen) atoms. The van der Waals surface area contributed by atoms with Crippen molar-refractivity contribution in [2.75, 3.05) is 0 Å². The van der Waals surface area contributed by atoms with Gasteiger partial charge in [0.05, 0.1) is 12.1 Å². The minimum Gasteiger partial charge on any atom is -0.304 e. The van der Waals surface area contributed by atoms with Gasteiger partial charge in [-0.1, -0.05) is 90.9 Å². The van der Waals surface area contributed by atoms with Gasteiger partial charge in [-0.2, -0.15) is 13.2 Å². The number of halogens is 5. The molecule has 2 fully saturated rings. The summed E-state index contributed by atoms with van der Waals surface area (Å²) in [6.45, 7) is 12.4. The van der Waals surface area contributed by atoms with Gasteiger partial charge in [0.1, 0.15) is 4.75 Å². The van der Waals surface area contributed by atoms with E-state index in [-0.39, 0.29) is 23.0 Å². The van der Waals surface area contributed by atoms with Gasteiger partial charge in [0.2, 0.25) is 5.91 Å². The largest absolute Gasteiger partial charge is 0.412 e. The smallest absolute Gasteiger partial charge is 0.304 e. The molecule has 0 aromatic heterocycles. The first-order valence-corrected chi connectivity index (χ1v) is 15.5. The van der Waals surface area contributed by atoms with E-state index < -0.39 is 27.6 Å². The number of amides is 2. The SMILES string of the molecule is CC(C)C1(C)SC(=N[C@@H](C)c2ccccc2Cl)NC1=O.Cc1cccc(Cl)c1[C@H](C)N=C1NC(=O)C(C)(C(F)(F)F)S1. The molecule has 2 N–H and O–H groups in total. The molecule has 0 saturated carbocycles. The highest BCUT2D eigenvalue weighted by atomic mass is 35.5. The second kappa shape index (κ2) is 13.2. The molecule has 2 aromatic rings. The number of thioether (sulfide) groups is 2. The van der Waals surface area contributed by atoms with Crippen LogP contribution in [0, 0.1) is 12.8 Å². The van der Waals surface area contributed by atoms with Crippen molar-refractivity contribution in [3.63, 3.8) is 0 Å². The first-order chi connectivity index (χ1) is 19.4. The Bertz CT molecular complexity index is 1400. The van der Waals surface area contributed by atoms with Crippen molar-refractivity contribution < 1.29 is 22.8 Å². The van der Waals surface area contributed by atoms with Crippen molar-refractivity contribution in [2.45, 2.75) is 76.2 Å². The highest BCUT2D eigenvalue weighted by Gasteiger charge is 2.61. The maximum absolute atomic E-state index is 13.0. The van der Waals surface area contributed by atoms with Gasteiger partial charge < -0.3 is 10.6 Å². The summed E-state index contributed by atoms with van der Waals surface area (Å²) in [6.07, 6.45) is -4.65. The molecule has 4 rings (SSSR count). The van der Waals surface area contributed by atoms with Crippen LogP contribution in [0.4, 0.5) is 13.2 Å². The number of aryl methyl sites for hydroxylation is 1. The van der Waals surface area contributed by atoms with Crippen LogP contribution < -0.4 is 10.6 Å². The Morgan fingerprint density at radius 3 is 1.88 bits per heavy atom. The van der Waals surface area contributed by atoms with E-state index in [1.165, 1.54) is 11.8 Å². The number of carbonyl (C=O) groups excluding carboxylic acids is 2. The third-order valence-corrected chi connectivity index (χ3v) is 10.6. The number of aliphatic imine (C=N–C) groups is 2. The van der Waals surface area contributed by atoms with Gasteiger partial charge >= 0.3 is 6.18 Å². The third-order valence-electron chi connectivity index (χ3n) is 7.24. The summed E-state index contributed by atoms with van der Waals surface area (Å²) in [5.41, 5.74) is 2.58. The van der Waals surface area contributed by atoms with Crippen LogP contribution in [0.15, 0.2) is 52.4 Å². The first-order valence-electron chi connectivity index (χ1n) is 13.1. The standard InChI is InChI=1S/C15H19ClN2OS.C14H14ClF3N2OS/c1-9(2)15(4)13(19)18-14(20-15)17-10(3)11-7-5-6-8-12(11)16;1-7-5-4-6-9(15)10(7)8(2)19-12-20-11(21)13(3,22-12)14(16,17)18/h5-10H,1-4H3,(H,17,18,19);4-6,8H,1-3H3,(H,19,20,21)/t10-,15?;8-,13?/m00/s1. The van der Waals surface area contributed by atoms with E-state index in [0.717, 1.165) is 23.6 Å². The molecular weight excluding hydrogens is 628 g/mol. The maximum Gasteiger partial charge on any atom is 0.412 e. The Balaban J connectivity index is 0.000000231. The second-order valence-electron chi connectivity index (χ2n) is 10.6. The Labute approximate surface area is 262 Å². The Hall–Kier alpha value is -2.21. The average molecular weight is 662 g/mol. The molecule has 0 radical (unpaired) electrons. The van der Waals surface area contributed by atoms with Gasteiger partial charge in [-0.15, -0.1) is 0 Å². The maximum atomic E-state index is 13.0. The summed E-state index contributed by atoms with van der Waals surface area (Å²) < 4.78 is 36.0. The lowest BCUT2D eigenvalue weighted by molar-refractivity contribution is -0.166. The Morgan fingerprint density at radius 1 is 0.810 bits per heavy atom. The molecule has 2 aromatic carbocycles. The van der Waals surface area contributed by atoms with E-state index in [0.29, 0.717) is 27.0 Å². The molecular formula is C29H33Cl2F3N4O2S2. The summed E-state index contributed by atoms with van der Waals surface area (Å²) >= 11 is 14.2. The summed E-state index contributed by atoms with van der Waals surface area (Å²) in [5.74, 6) is -0.828. The fourth-order valence-corrected chi connectivity index (χ4v) is 6.94. The number of amidine groups is 2. The van der Waals surface area contributed by atoms with Crippen molar-refractivity contribution >= 4 is 68.9 Å². The van der Waals surface area contributed by atoms with E-state index >= 15 is 0 Å². The molecule has 6 nitrogen and oxygen atoms in total. The number of nitrogens with zero attached hydrogens (tertiary/aromatic N) is 2. The van der Waals surface area contributed by atoms with E-state index in [1.54, 1.807) is 19.1 Å². The summed E-state index contributed by atoms with van der Waals surface area (Å²) in [5, 5.41) is 6.90. The lowest BCUT2D eigenvalue weighted by Crippen LogP contribution is -2.46. The van der Waals surface area contributed by atoms with Crippen molar-refractivity contribution in [3.8, 4) is 0 Å². The highest BCUT2D eigenvalue weighted by molar-refractivity contribution is 8.16. The van der Waals surface area contributed by atoms with Crippen LogP contribution in [0.5, 0.6) is 0 Å². The molecule has 4 atom stereocenters. The monoisotopic (exact) mass is 660 g/mol. The van der Waals surface area contributed by atoms with E-state index in [4.69, 9.17) is 23.2 Å². The number of alkyl halides is 3. The lowest BCUT2D eigenvalue weighted by Gasteiger charge is -2.22. The number of hydrogen-bond acceptors (Lipinski definition) is 6. The number of benzene rings is 2. The second-order valence-corrected chi connectivity index (χ2v) is 14.3. The van der Waals surface area contributed by atoms with Crippen LogP contribution in [0.1, 0.15) is 70.3 Å². The van der Waals surface area contributed by atoms with Crippen LogP contribution in [0.2, 0.25) is 10.0 Å². The molecule has 13 heteroatoms.